The summed E-state index contributed by atoms with van der Waals surface area (Å²) in [6, 6.07) is 1.84. The van der Waals surface area contributed by atoms with Crippen LogP contribution in [0.1, 0.15) is 54.4 Å². The van der Waals surface area contributed by atoms with E-state index in [1.165, 1.54) is 6.20 Å². The Hall–Kier alpha value is -2.44. The van der Waals surface area contributed by atoms with Gasteiger partial charge >= 0.3 is 5.97 Å². The molecule has 1 aliphatic rings. The molecule has 2 aromatic heterocycles. The van der Waals surface area contributed by atoms with Crippen molar-refractivity contribution in [3.8, 4) is 0 Å². The van der Waals surface area contributed by atoms with Gasteiger partial charge in [-0.05, 0) is 33.6 Å². The van der Waals surface area contributed by atoms with E-state index in [1.807, 2.05) is 26.8 Å². The summed E-state index contributed by atoms with van der Waals surface area (Å²) in [6.45, 7) is 5.50. The molecular weight excluding hydrogens is 308 g/mol. The Kier molecular flexibility index (Phi) is 4.03. The van der Waals surface area contributed by atoms with E-state index < -0.39 is 17.4 Å². The lowest BCUT2D eigenvalue weighted by Crippen LogP contribution is -2.55. The second kappa shape index (κ2) is 5.89. The molecule has 1 saturated carbocycles. The lowest BCUT2D eigenvalue weighted by atomic mass is 9.73. The Morgan fingerprint density at radius 1 is 1.38 bits per heavy atom. The quantitative estimate of drug-likeness (QED) is 0.898. The van der Waals surface area contributed by atoms with Gasteiger partial charge in [0, 0.05) is 12.3 Å². The molecule has 3 rings (SSSR count). The summed E-state index contributed by atoms with van der Waals surface area (Å²) >= 11 is 0. The van der Waals surface area contributed by atoms with Crippen LogP contribution >= 0.6 is 0 Å². The number of amides is 1. The van der Waals surface area contributed by atoms with E-state index in [1.54, 1.807) is 4.52 Å². The molecular formula is C17H22N4O3. The van der Waals surface area contributed by atoms with Crippen LogP contribution in [0, 0.1) is 19.8 Å². The lowest BCUT2D eigenvalue weighted by Gasteiger charge is -2.39. The largest absolute Gasteiger partial charge is 0.481 e. The van der Waals surface area contributed by atoms with E-state index in [0.717, 1.165) is 18.5 Å². The van der Waals surface area contributed by atoms with E-state index in [2.05, 4.69) is 15.4 Å². The molecule has 7 nitrogen and oxygen atoms in total. The highest BCUT2D eigenvalue weighted by molar-refractivity contribution is 5.96. The SMILES string of the molecule is Cc1cc2ncc(C(=O)NC3(C)CCCCC3C(=O)O)c(C)n2n1. The molecule has 2 aromatic rings. The molecule has 0 bridgehead atoms. The minimum atomic E-state index is -0.856. The minimum Gasteiger partial charge on any atom is -0.481 e. The molecule has 0 radical (unpaired) electrons. The molecule has 2 atom stereocenters. The molecule has 2 heterocycles. The molecule has 0 spiro atoms. The molecule has 1 amide bonds. The Morgan fingerprint density at radius 2 is 2.12 bits per heavy atom. The van der Waals surface area contributed by atoms with Gasteiger partial charge in [0.25, 0.3) is 5.91 Å². The van der Waals surface area contributed by atoms with E-state index in [9.17, 15) is 14.7 Å². The summed E-state index contributed by atoms with van der Waals surface area (Å²) < 4.78 is 1.64. The molecule has 24 heavy (non-hydrogen) atoms. The standard InChI is InChI=1S/C17H22N4O3/c1-10-8-14-18-9-12(11(2)21(14)20-10)15(22)19-17(3)7-5-4-6-13(17)16(23)24/h8-9,13H,4-7H2,1-3H3,(H,19,22)(H,23,24). The third kappa shape index (κ3) is 2.74. The van der Waals surface area contributed by atoms with Crippen LogP contribution in [0.5, 0.6) is 0 Å². The fourth-order valence-electron chi connectivity index (χ4n) is 3.59. The first-order valence-corrected chi connectivity index (χ1v) is 8.19. The van der Waals surface area contributed by atoms with Gasteiger partial charge in [0.15, 0.2) is 5.65 Å². The second-order valence-electron chi connectivity index (χ2n) is 6.82. The summed E-state index contributed by atoms with van der Waals surface area (Å²) in [5.41, 5.74) is 1.88. The number of carbonyl (C=O) groups is 2. The van der Waals surface area contributed by atoms with Gasteiger partial charge in [-0.3, -0.25) is 9.59 Å². The van der Waals surface area contributed by atoms with E-state index >= 15 is 0 Å². The second-order valence-corrected chi connectivity index (χ2v) is 6.82. The fourth-order valence-corrected chi connectivity index (χ4v) is 3.59. The third-order valence-corrected chi connectivity index (χ3v) is 5.00. The molecule has 2 unspecified atom stereocenters. The fraction of sp³-hybridized carbons (Fsp3) is 0.529. The van der Waals surface area contributed by atoms with Crippen molar-refractivity contribution in [2.24, 2.45) is 5.92 Å². The van der Waals surface area contributed by atoms with Gasteiger partial charge in [-0.2, -0.15) is 5.10 Å². The number of fused-ring (bicyclic) bond motifs is 1. The first-order valence-electron chi connectivity index (χ1n) is 8.19. The molecule has 1 aliphatic carbocycles. The predicted molar refractivity (Wildman–Crippen MR) is 87.9 cm³/mol. The maximum Gasteiger partial charge on any atom is 0.308 e. The molecule has 128 valence electrons. The molecule has 2 N–H and O–H groups in total. The maximum absolute atomic E-state index is 12.8. The highest BCUT2D eigenvalue weighted by Crippen LogP contribution is 2.34. The normalized spacial score (nSPS) is 24.0. The number of aromatic nitrogens is 3. The van der Waals surface area contributed by atoms with Crippen LogP contribution in [0.2, 0.25) is 0 Å². The highest BCUT2D eigenvalue weighted by atomic mass is 16.4. The molecule has 0 aliphatic heterocycles. The summed E-state index contributed by atoms with van der Waals surface area (Å²) in [7, 11) is 0. The van der Waals surface area contributed by atoms with Crippen molar-refractivity contribution >= 4 is 17.5 Å². The molecule has 7 heteroatoms. The van der Waals surface area contributed by atoms with Crippen molar-refractivity contribution in [3.05, 3.63) is 29.2 Å². The number of carboxylic acids is 1. The maximum atomic E-state index is 12.8. The van der Waals surface area contributed by atoms with Crippen molar-refractivity contribution in [3.63, 3.8) is 0 Å². The van der Waals surface area contributed by atoms with E-state index in [4.69, 9.17) is 0 Å². The average Bonchev–Trinajstić information content (AvgIpc) is 2.88. The van der Waals surface area contributed by atoms with Crippen molar-refractivity contribution < 1.29 is 14.7 Å². The van der Waals surface area contributed by atoms with Crippen LogP contribution in [0.4, 0.5) is 0 Å². The monoisotopic (exact) mass is 330 g/mol. The zero-order chi connectivity index (χ0) is 17.5. The van der Waals surface area contributed by atoms with Crippen LogP contribution < -0.4 is 5.32 Å². The van der Waals surface area contributed by atoms with Crippen molar-refractivity contribution in [2.45, 2.75) is 52.0 Å². The van der Waals surface area contributed by atoms with E-state index in [0.29, 0.717) is 29.7 Å². The van der Waals surface area contributed by atoms with Crippen LogP contribution in [-0.2, 0) is 4.79 Å². The van der Waals surface area contributed by atoms with Crippen molar-refractivity contribution in [1.29, 1.82) is 0 Å². The zero-order valence-electron chi connectivity index (χ0n) is 14.2. The summed E-state index contributed by atoms with van der Waals surface area (Å²) in [5.74, 6) is -1.73. The lowest BCUT2D eigenvalue weighted by molar-refractivity contribution is -0.145. The molecule has 0 saturated heterocycles. The number of hydrogen-bond donors (Lipinski definition) is 2. The predicted octanol–water partition coefficient (Wildman–Crippen LogP) is 2.11. The number of aryl methyl sites for hydroxylation is 2. The smallest absolute Gasteiger partial charge is 0.308 e. The van der Waals surface area contributed by atoms with Gasteiger partial charge < -0.3 is 10.4 Å². The average molecular weight is 330 g/mol. The Labute approximate surface area is 140 Å². The number of hydrogen-bond acceptors (Lipinski definition) is 4. The minimum absolute atomic E-state index is 0.300. The topological polar surface area (TPSA) is 96.6 Å². The summed E-state index contributed by atoms with van der Waals surface area (Å²) in [5, 5.41) is 16.8. The van der Waals surface area contributed by atoms with Gasteiger partial charge in [-0.25, -0.2) is 9.50 Å². The Balaban J connectivity index is 1.91. The van der Waals surface area contributed by atoms with E-state index in [-0.39, 0.29) is 5.91 Å². The first-order chi connectivity index (χ1) is 11.3. The third-order valence-electron chi connectivity index (χ3n) is 5.00. The van der Waals surface area contributed by atoms with Crippen molar-refractivity contribution in [2.75, 3.05) is 0 Å². The highest BCUT2D eigenvalue weighted by Gasteiger charge is 2.42. The van der Waals surface area contributed by atoms with Gasteiger partial charge in [-0.15, -0.1) is 0 Å². The molecule has 1 fully saturated rings. The first kappa shape index (κ1) is 16.4. The van der Waals surface area contributed by atoms with Crippen molar-refractivity contribution in [1.82, 2.24) is 19.9 Å². The Morgan fingerprint density at radius 3 is 2.83 bits per heavy atom. The number of carbonyl (C=O) groups excluding carboxylic acids is 1. The van der Waals surface area contributed by atoms with Gasteiger partial charge in [0.1, 0.15) is 0 Å². The summed E-state index contributed by atoms with van der Waals surface area (Å²) in [4.78, 5) is 28.6. The van der Waals surface area contributed by atoms with Gasteiger partial charge in [0.2, 0.25) is 0 Å². The number of nitrogens with zero attached hydrogens (tertiary/aromatic N) is 3. The van der Waals surface area contributed by atoms with Gasteiger partial charge in [-0.1, -0.05) is 12.8 Å². The number of aliphatic carboxylic acids is 1. The van der Waals surface area contributed by atoms with Crippen LogP contribution in [0.25, 0.3) is 5.65 Å². The number of nitrogens with one attached hydrogen (secondary N) is 1. The number of carboxylic acid groups (broad SMARTS) is 1. The summed E-state index contributed by atoms with van der Waals surface area (Å²) in [6.07, 6.45) is 4.56. The van der Waals surface area contributed by atoms with Gasteiger partial charge in [0.05, 0.1) is 28.4 Å². The number of rotatable bonds is 3. The van der Waals surface area contributed by atoms with Crippen LogP contribution in [0.3, 0.4) is 0 Å². The zero-order valence-corrected chi connectivity index (χ0v) is 14.2. The van der Waals surface area contributed by atoms with Crippen LogP contribution in [-0.4, -0.2) is 37.1 Å². The van der Waals surface area contributed by atoms with Crippen LogP contribution in [0.15, 0.2) is 12.3 Å². The molecule has 0 aromatic carbocycles. The Bertz CT molecular complexity index is 814.